The minimum absolute atomic E-state index is 0.00184. The van der Waals surface area contributed by atoms with Gasteiger partial charge in [-0.2, -0.15) is 4.74 Å². The maximum Gasteiger partial charge on any atom is 0.282 e. The molecule has 2 bridgehead atoms. The zero-order valence-electron chi connectivity index (χ0n) is 15.9. The molecule has 0 saturated heterocycles. The zero-order valence-corrected chi connectivity index (χ0v) is 15.9. The molecule has 0 aliphatic heterocycles. The largest absolute Gasteiger partial charge is 0.379 e. The molecule has 0 fully saturated rings. The van der Waals surface area contributed by atoms with Crippen LogP contribution in [0, 0.1) is 5.41 Å². The maximum absolute atomic E-state index is 13.4. The molecule has 1 aromatic heterocycles. The number of benzene rings is 2. The number of amides is 1. The Morgan fingerprint density at radius 2 is 1.68 bits per heavy atom. The van der Waals surface area contributed by atoms with E-state index in [1.165, 1.54) is 28.3 Å². The Morgan fingerprint density at radius 3 is 2.21 bits per heavy atom. The summed E-state index contributed by atoms with van der Waals surface area (Å²) < 4.78 is 6.51. The number of hydrogen-bond acceptors (Lipinski definition) is 3. The Morgan fingerprint density at radius 1 is 1.11 bits per heavy atom. The predicted octanol–water partition coefficient (Wildman–Crippen LogP) is 3.28. The molecule has 3 aliphatic carbocycles. The van der Waals surface area contributed by atoms with Gasteiger partial charge in [0, 0.05) is 24.9 Å². The van der Waals surface area contributed by atoms with Crippen LogP contribution in [0.3, 0.4) is 0 Å². The van der Waals surface area contributed by atoms with Crippen LogP contribution in [0.25, 0.3) is 0 Å². The molecule has 0 saturated carbocycles. The van der Waals surface area contributed by atoms with Crippen molar-refractivity contribution in [1.29, 1.82) is 0 Å². The summed E-state index contributed by atoms with van der Waals surface area (Å²) in [5.74, 6) is 0.708. The molecular weight excluding hydrogens is 352 g/mol. The summed E-state index contributed by atoms with van der Waals surface area (Å²) in [6.45, 7) is 2.28. The first-order valence-electron chi connectivity index (χ1n) is 9.61. The van der Waals surface area contributed by atoms with Crippen LogP contribution >= 0.6 is 0 Å². The lowest BCUT2D eigenvalue weighted by molar-refractivity contribution is -0.132. The number of nitrogens with zero attached hydrogens (tertiary/aromatic N) is 1. The number of rotatable bonds is 3. The summed E-state index contributed by atoms with van der Waals surface area (Å²) in [5, 5.41) is 3.01. The molecule has 6 rings (SSSR count). The van der Waals surface area contributed by atoms with Crippen LogP contribution in [0.1, 0.15) is 53.2 Å². The van der Waals surface area contributed by atoms with Gasteiger partial charge in [0.25, 0.3) is 5.56 Å². The van der Waals surface area contributed by atoms with Crippen LogP contribution in [0.5, 0.6) is 0 Å². The lowest BCUT2D eigenvalue weighted by atomic mass is 9.52. The van der Waals surface area contributed by atoms with Gasteiger partial charge in [-0.3, -0.25) is 9.59 Å². The van der Waals surface area contributed by atoms with E-state index >= 15 is 0 Å². The average Bonchev–Trinajstić information content (AvgIpc) is 3.03. The van der Waals surface area contributed by atoms with Crippen LogP contribution in [-0.2, 0) is 18.4 Å². The van der Waals surface area contributed by atoms with Gasteiger partial charge in [0.2, 0.25) is 5.91 Å². The van der Waals surface area contributed by atoms with E-state index in [4.69, 9.17) is 4.52 Å². The normalized spacial score (nSPS) is 24.5. The highest BCUT2D eigenvalue weighted by Crippen LogP contribution is 2.60. The topological polar surface area (TPSA) is 64.2 Å². The fourth-order valence-electron chi connectivity index (χ4n) is 5.12. The van der Waals surface area contributed by atoms with Gasteiger partial charge in [0.1, 0.15) is 0 Å². The molecule has 5 heteroatoms. The van der Waals surface area contributed by atoms with E-state index < -0.39 is 5.41 Å². The van der Waals surface area contributed by atoms with Gasteiger partial charge in [0.05, 0.1) is 12.0 Å². The second-order valence-corrected chi connectivity index (χ2v) is 8.09. The van der Waals surface area contributed by atoms with Crippen LogP contribution in [-0.4, -0.2) is 10.6 Å². The third kappa shape index (κ3) is 2.32. The Bertz CT molecular complexity index is 1090. The van der Waals surface area contributed by atoms with Gasteiger partial charge in [-0.05, 0) is 35.6 Å². The summed E-state index contributed by atoms with van der Waals surface area (Å²) in [6.07, 6.45) is 0.774. The van der Waals surface area contributed by atoms with Crippen molar-refractivity contribution < 1.29 is 9.32 Å². The van der Waals surface area contributed by atoms with Crippen LogP contribution in [0.4, 0.5) is 0 Å². The molecule has 1 unspecified atom stereocenters. The Hall–Kier alpha value is -3.08. The van der Waals surface area contributed by atoms with E-state index in [1.807, 2.05) is 0 Å². The summed E-state index contributed by atoms with van der Waals surface area (Å²) >= 11 is 0. The molecule has 1 atom stereocenters. The average molecular weight is 374 g/mol. The fourth-order valence-corrected chi connectivity index (χ4v) is 5.12. The van der Waals surface area contributed by atoms with Crippen molar-refractivity contribution >= 4 is 5.91 Å². The molecular formula is C23H22N2O3. The number of carbonyl (C=O) groups excluding carboxylic acids is 1. The molecule has 1 heterocycles. The van der Waals surface area contributed by atoms with Crippen molar-refractivity contribution in [2.45, 2.75) is 31.7 Å². The van der Waals surface area contributed by atoms with Gasteiger partial charge in [-0.15, -0.1) is 0 Å². The van der Waals surface area contributed by atoms with E-state index in [-0.39, 0.29) is 29.8 Å². The van der Waals surface area contributed by atoms with E-state index in [0.717, 1.165) is 11.2 Å². The second-order valence-electron chi connectivity index (χ2n) is 8.09. The lowest BCUT2D eigenvalue weighted by Gasteiger charge is -2.50. The predicted molar refractivity (Wildman–Crippen MR) is 105 cm³/mol. The van der Waals surface area contributed by atoms with Crippen molar-refractivity contribution in [3.05, 3.63) is 93.0 Å². The van der Waals surface area contributed by atoms with Crippen molar-refractivity contribution in [3.63, 3.8) is 0 Å². The molecule has 5 nitrogen and oxygen atoms in total. The first-order valence-corrected chi connectivity index (χ1v) is 9.61. The van der Waals surface area contributed by atoms with Crippen molar-refractivity contribution in [2.75, 3.05) is 0 Å². The Balaban J connectivity index is 1.51. The monoisotopic (exact) mass is 374 g/mol. The minimum Gasteiger partial charge on any atom is -0.379 e. The maximum atomic E-state index is 13.4. The molecule has 1 N–H and O–H groups in total. The number of carbonyl (C=O) groups is 1. The number of fused-ring (bicyclic) bond motifs is 1. The molecule has 28 heavy (non-hydrogen) atoms. The van der Waals surface area contributed by atoms with E-state index in [1.54, 1.807) is 7.05 Å². The smallest absolute Gasteiger partial charge is 0.282 e. The van der Waals surface area contributed by atoms with Crippen LogP contribution < -0.4 is 10.9 Å². The number of aryl methyl sites for hydroxylation is 1. The quantitative estimate of drug-likeness (QED) is 0.765. The van der Waals surface area contributed by atoms with Crippen LogP contribution in [0.15, 0.2) is 63.9 Å². The van der Waals surface area contributed by atoms with E-state index in [2.05, 4.69) is 60.8 Å². The third-order valence-corrected chi connectivity index (χ3v) is 6.42. The van der Waals surface area contributed by atoms with Gasteiger partial charge in [-0.25, -0.2) is 0 Å². The summed E-state index contributed by atoms with van der Waals surface area (Å²) in [7, 11) is 1.56. The molecule has 1 amide bonds. The van der Waals surface area contributed by atoms with Gasteiger partial charge >= 0.3 is 0 Å². The van der Waals surface area contributed by atoms with Crippen molar-refractivity contribution in [1.82, 2.24) is 10.1 Å². The SMILES string of the molecule is Cn1oc(CNC(=O)C2(C)CC3c4ccccc4C2c2ccccc23)cc1=O. The standard InChI is InChI=1S/C23H22N2O3/c1-23(22(27)24-13-14-11-20(26)25(2)28-14)12-19-15-7-3-5-9-17(15)21(23)18-10-6-4-8-16(18)19/h3-11,19,21H,12-13H2,1-2H3,(H,24,27). The zero-order chi connectivity index (χ0) is 19.5. The van der Waals surface area contributed by atoms with Gasteiger partial charge < -0.3 is 9.84 Å². The summed E-state index contributed by atoms with van der Waals surface area (Å²) in [5.41, 5.74) is 4.41. The number of aromatic nitrogens is 1. The minimum atomic E-state index is -0.553. The van der Waals surface area contributed by atoms with Crippen molar-refractivity contribution in [3.8, 4) is 0 Å². The molecule has 3 aliphatic rings. The summed E-state index contributed by atoms with van der Waals surface area (Å²) in [6, 6.07) is 18.4. The van der Waals surface area contributed by atoms with E-state index in [0.29, 0.717) is 5.76 Å². The third-order valence-electron chi connectivity index (χ3n) is 6.42. The molecule has 0 radical (unpaired) electrons. The first kappa shape index (κ1) is 17.0. The molecule has 3 aromatic rings. The first-order chi connectivity index (χ1) is 13.5. The van der Waals surface area contributed by atoms with Gasteiger partial charge in [0.15, 0.2) is 5.76 Å². The van der Waals surface area contributed by atoms with Crippen molar-refractivity contribution in [2.24, 2.45) is 12.5 Å². The van der Waals surface area contributed by atoms with E-state index in [9.17, 15) is 9.59 Å². The highest BCUT2D eigenvalue weighted by atomic mass is 16.5. The number of hydrogen-bond donors (Lipinski definition) is 1. The lowest BCUT2D eigenvalue weighted by Crippen LogP contribution is -2.49. The Labute approximate surface area is 163 Å². The fraction of sp³-hybridized carbons (Fsp3) is 0.304. The molecule has 0 spiro atoms. The van der Waals surface area contributed by atoms with Gasteiger partial charge in [-0.1, -0.05) is 48.5 Å². The number of nitrogens with one attached hydrogen (secondary N) is 1. The highest BCUT2D eigenvalue weighted by molar-refractivity contribution is 5.86. The van der Waals surface area contributed by atoms with Crippen LogP contribution in [0.2, 0.25) is 0 Å². The second kappa shape index (κ2) is 5.96. The molecule has 142 valence electrons. The summed E-state index contributed by atoms with van der Waals surface area (Å²) in [4.78, 5) is 24.9. The highest BCUT2D eigenvalue weighted by Gasteiger charge is 2.53. The molecule has 2 aromatic carbocycles. The Kier molecular flexibility index (Phi) is 3.63.